The zero-order chi connectivity index (χ0) is 23.7. The van der Waals surface area contributed by atoms with E-state index in [1.807, 2.05) is 45.0 Å². The molecule has 0 heterocycles. The zero-order valence-corrected chi connectivity index (χ0v) is 21.3. The van der Waals surface area contributed by atoms with Crippen molar-refractivity contribution < 1.29 is 8.42 Å². The summed E-state index contributed by atoms with van der Waals surface area (Å²) >= 11 is 0. The molecule has 7 rings (SSSR count). The highest BCUT2D eigenvalue weighted by Gasteiger charge is 2.67. The van der Waals surface area contributed by atoms with E-state index < -0.39 is 15.6 Å². The van der Waals surface area contributed by atoms with Crippen molar-refractivity contribution >= 4 is 21.4 Å². The van der Waals surface area contributed by atoms with Crippen molar-refractivity contribution in [2.45, 2.75) is 75.9 Å². The van der Waals surface area contributed by atoms with Crippen molar-refractivity contribution in [3.05, 3.63) is 54.1 Å². The fraction of sp³-hybridized carbons (Fsp3) is 0.571. The highest BCUT2D eigenvalue weighted by molar-refractivity contribution is 7.89. The third-order valence-electron chi connectivity index (χ3n) is 8.93. The molecule has 6 atom stereocenters. The van der Waals surface area contributed by atoms with Crippen LogP contribution in [0.2, 0.25) is 0 Å². The van der Waals surface area contributed by atoms with Crippen LogP contribution in [0.1, 0.15) is 58.4 Å². The van der Waals surface area contributed by atoms with Crippen molar-refractivity contribution in [1.82, 2.24) is 4.72 Å². The molecule has 5 fully saturated rings. The first kappa shape index (κ1) is 22.4. The SMILES string of the molecule is CC(C)(C)NS(=O)(=O)c1ccc(NC2C3CC4CC5(C3)CC2CC45)c(NCc2ccccc2)c1. The smallest absolute Gasteiger partial charge is 0.241 e. The van der Waals surface area contributed by atoms with Gasteiger partial charge in [0.1, 0.15) is 0 Å². The normalized spacial score (nSPS) is 33.4. The average molecular weight is 480 g/mol. The molecule has 0 aromatic heterocycles. The van der Waals surface area contributed by atoms with Gasteiger partial charge in [0.2, 0.25) is 10.0 Å². The lowest BCUT2D eigenvalue weighted by molar-refractivity contribution is -0.104. The number of benzene rings is 2. The maximum Gasteiger partial charge on any atom is 0.241 e. The lowest BCUT2D eigenvalue weighted by Crippen LogP contribution is -2.55. The van der Waals surface area contributed by atoms with Crippen molar-refractivity contribution in [2.75, 3.05) is 10.6 Å². The second kappa shape index (κ2) is 7.72. The summed E-state index contributed by atoms with van der Waals surface area (Å²) in [5.41, 5.74) is 3.20. The number of nitrogens with one attached hydrogen (secondary N) is 3. The molecule has 2 aromatic rings. The first-order valence-electron chi connectivity index (χ1n) is 12.8. The summed E-state index contributed by atoms with van der Waals surface area (Å²) in [7, 11) is -3.61. The molecule has 2 aromatic carbocycles. The van der Waals surface area contributed by atoms with E-state index in [1.165, 1.54) is 37.7 Å². The predicted molar refractivity (Wildman–Crippen MR) is 137 cm³/mol. The topological polar surface area (TPSA) is 70.2 Å². The minimum absolute atomic E-state index is 0.300. The molecule has 6 unspecified atom stereocenters. The van der Waals surface area contributed by atoms with E-state index in [9.17, 15) is 8.42 Å². The number of hydrogen-bond donors (Lipinski definition) is 3. The van der Waals surface area contributed by atoms with Crippen LogP contribution in [0.25, 0.3) is 0 Å². The Morgan fingerprint density at radius 1 is 0.912 bits per heavy atom. The quantitative estimate of drug-likeness (QED) is 0.483. The molecule has 4 bridgehead atoms. The van der Waals surface area contributed by atoms with Gasteiger partial charge >= 0.3 is 0 Å². The number of rotatable bonds is 7. The predicted octanol–water partition coefficient (Wildman–Crippen LogP) is 5.61. The number of hydrogen-bond acceptors (Lipinski definition) is 4. The first-order valence-corrected chi connectivity index (χ1v) is 14.3. The summed E-state index contributed by atoms with van der Waals surface area (Å²) in [6, 6.07) is 16.3. The van der Waals surface area contributed by atoms with Gasteiger partial charge in [0.05, 0.1) is 16.3 Å². The molecule has 0 radical (unpaired) electrons. The monoisotopic (exact) mass is 479 g/mol. The van der Waals surface area contributed by atoms with Crippen LogP contribution in [0, 0.1) is 29.1 Å². The molecule has 1 spiro atoms. The Hall–Kier alpha value is -2.05. The first-order chi connectivity index (χ1) is 16.1. The van der Waals surface area contributed by atoms with Gasteiger partial charge in [-0.25, -0.2) is 13.1 Å². The molecular weight excluding hydrogens is 442 g/mol. The summed E-state index contributed by atoms with van der Waals surface area (Å²) < 4.78 is 28.9. The van der Waals surface area contributed by atoms with Crippen molar-refractivity contribution in [3.8, 4) is 0 Å². The third-order valence-corrected chi connectivity index (χ3v) is 10.7. The molecule has 5 saturated carbocycles. The Morgan fingerprint density at radius 2 is 1.62 bits per heavy atom. The summed E-state index contributed by atoms with van der Waals surface area (Å²) in [4.78, 5) is 0.300. The van der Waals surface area contributed by atoms with Gasteiger partial charge in [-0.15, -0.1) is 0 Å². The Bertz CT molecular complexity index is 1190. The van der Waals surface area contributed by atoms with Gasteiger partial charge < -0.3 is 10.6 Å². The van der Waals surface area contributed by atoms with Crippen LogP contribution >= 0.6 is 0 Å². The van der Waals surface area contributed by atoms with Crippen molar-refractivity contribution in [3.63, 3.8) is 0 Å². The summed E-state index contributed by atoms with van der Waals surface area (Å²) in [5, 5.41) is 7.47. The third kappa shape index (κ3) is 3.83. The lowest BCUT2D eigenvalue weighted by atomic mass is 9.44. The average Bonchev–Trinajstić information content (AvgIpc) is 2.97. The lowest BCUT2D eigenvalue weighted by Gasteiger charge is -2.61. The number of sulfonamides is 1. The molecule has 34 heavy (non-hydrogen) atoms. The number of fused-ring (bicyclic) bond motifs is 1. The van der Waals surface area contributed by atoms with E-state index in [2.05, 4.69) is 27.5 Å². The van der Waals surface area contributed by atoms with E-state index in [0.29, 0.717) is 22.9 Å². The van der Waals surface area contributed by atoms with Gasteiger partial charge in [-0.3, -0.25) is 0 Å². The fourth-order valence-corrected chi connectivity index (χ4v) is 9.33. The molecule has 0 aliphatic heterocycles. The van der Waals surface area contributed by atoms with E-state index in [0.717, 1.165) is 35.0 Å². The van der Waals surface area contributed by atoms with Gasteiger partial charge in [0.25, 0.3) is 0 Å². The van der Waals surface area contributed by atoms with E-state index in [-0.39, 0.29) is 0 Å². The maximum absolute atomic E-state index is 13.1. The minimum Gasteiger partial charge on any atom is -0.380 e. The van der Waals surface area contributed by atoms with E-state index in [1.54, 1.807) is 12.1 Å². The Balaban J connectivity index is 1.29. The van der Waals surface area contributed by atoms with Gasteiger partial charge in [0, 0.05) is 18.1 Å². The summed E-state index contributed by atoms with van der Waals surface area (Å²) in [6.07, 6.45) is 7.01. The van der Waals surface area contributed by atoms with Crippen molar-refractivity contribution in [2.24, 2.45) is 29.1 Å². The van der Waals surface area contributed by atoms with Gasteiger partial charge in [-0.05, 0) is 106 Å². The molecule has 0 amide bonds. The van der Waals surface area contributed by atoms with Crippen LogP contribution in [0.5, 0.6) is 0 Å². The summed E-state index contributed by atoms with van der Waals surface area (Å²) in [6.45, 7) is 6.25. The van der Waals surface area contributed by atoms with Crippen LogP contribution in [-0.4, -0.2) is 20.0 Å². The van der Waals surface area contributed by atoms with Crippen LogP contribution in [-0.2, 0) is 16.6 Å². The highest BCUT2D eigenvalue weighted by Crippen LogP contribution is 2.74. The fourth-order valence-electron chi connectivity index (χ4n) is 7.89. The second-order valence-corrected chi connectivity index (χ2v) is 14.1. The molecule has 5 aliphatic rings. The van der Waals surface area contributed by atoms with Crippen molar-refractivity contribution in [1.29, 1.82) is 0 Å². The molecular formula is C28H37N3O2S. The van der Waals surface area contributed by atoms with Gasteiger partial charge in [-0.1, -0.05) is 30.3 Å². The Labute approximate surface area is 204 Å². The largest absolute Gasteiger partial charge is 0.380 e. The van der Waals surface area contributed by atoms with E-state index >= 15 is 0 Å². The van der Waals surface area contributed by atoms with Crippen LogP contribution in [0.15, 0.2) is 53.4 Å². The molecule has 182 valence electrons. The van der Waals surface area contributed by atoms with E-state index in [4.69, 9.17) is 0 Å². The van der Waals surface area contributed by atoms with Gasteiger partial charge in [-0.2, -0.15) is 0 Å². The molecule has 5 aliphatic carbocycles. The maximum atomic E-state index is 13.1. The number of anilines is 2. The standard InChI is InChI=1S/C28H37N3O2S/c1-27(2,3)31-34(32,33)22-9-10-24(25(13-22)29-17-18-7-5-4-6-8-18)30-26-20-11-19-14-28(15-20)16-21(26)12-23(19)28/h4-10,13,19-21,23,26,29-31H,11-12,14-17H2,1-3H3. The Kier molecular flexibility index (Phi) is 5.09. The zero-order valence-electron chi connectivity index (χ0n) is 20.5. The Morgan fingerprint density at radius 3 is 2.35 bits per heavy atom. The van der Waals surface area contributed by atoms with Gasteiger partial charge in [0.15, 0.2) is 0 Å². The molecule has 6 heteroatoms. The highest BCUT2D eigenvalue weighted by atomic mass is 32.2. The van der Waals surface area contributed by atoms with Crippen LogP contribution < -0.4 is 15.4 Å². The minimum atomic E-state index is -3.61. The summed E-state index contributed by atoms with van der Waals surface area (Å²) in [5.74, 6) is 3.45. The second-order valence-electron chi connectivity index (χ2n) is 12.4. The molecule has 0 saturated heterocycles. The molecule has 5 nitrogen and oxygen atoms in total. The van der Waals surface area contributed by atoms with Crippen LogP contribution in [0.4, 0.5) is 11.4 Å². The van der Waals surface area contributed by atoms with Crippen LogP contribution in [0.3, 0.4) is 0 Å². The molecule has 3 N–H and O–H groups in total.